The second-order valence-corrected chi connectivity index (χ2v) is 8.90. The Labute approximate surface area is 190 Å². The molecule has 3 aromatic rings. The van der Waals surface area contributed by atoms with Crippen molar-refractivity contribution in [1.29, 1.82) is 0 Å². The minimum absolute atomic E-state index is 0.265. The molecule has 1 aromatic heterocycles. The molecule has 1 aliphatic carbocycles. The molecule has 0 radical (unpaired) electrons. The van der Waals surface area contributed by atoms with Gasteiger partial charge in [0, 0.05) is 55.3 Å². The summed E-state index contributed by atoms with van der Waals surface area (Å²) in [6.45, 7) is 5.25. The fourth-order valence-electron chi connectivity index (χ4n) is 4.62. The average molecular weight is 427 g/mol. The molecule has 2 heterocycles. The number of aromatic nitrogens is 2. The van der Waals surface area contributed by atoms with Crippen LogP contribution in [0.15, 0.2) is 60.7 Å². The molecule has 0 atom stereocenters. The lowest BCUT2D eigenvalue weighted by molar-refractivity contribution is -0.138. The summed E-state index contributed by atoms with van der Waals surface area (Å²) >= 11 is 0. The molecule has 0 N–H and O–H groups in total. The standard InChI is InChI=1S/C27H30N4O/c1-20-24(19-21-9-4-2-5-10-21)26(29-25(28-20)22-11-6-3-7-12-22)30-15-17-31(18-16-30)27(32)23-13-8-14-23/h2-7,9-12,23H,8,13-19H2,1H3. The first-order valence-electron chi connectivity index (χ1n) is 11.7. The van der Waals surface area contributed by atoms with Crippen molar-refractivity contribution in [3.05, 3.63) is 77.5 Å². The summed E-state index contributed by atoms with van der Waals surface area (Å²) in [4.78, 5) is 27.1. The van der Waals surface area contributed by atoms with Crippen molar-refractivity contribution >= 4 is 11.7 Å². The van der Waals surface area contributed by atoms with E-state index >= 15 is 0 Å². The van der Waals surface area contributed by atoms with E-state index in [2.05, 4.69) is 53.1 Å². The van der Waals surface area contributed by atoms with Crippen molar-refractivity contribution < 1.29 is 4.79 Å². The average Bonchev–Trinajstić information content (AvgIpc) is 2.80. The molecule has 5 nitrogen and oxygen atoms in total. The largest absolute Gasteiger partial charge is 0.353 e. The Morgan fingerprint density at radius 3 is 2.19 bits per heavy atom. The SMILES string of the molecule is Cc1nc(-c2ccccc2)nc(N2CCN(C(=O)C3CCC3)CC2)c1Cc1ccccc1. The summed E-state index contributed by atoms with van der Waals surface area (Å²) < 4.78 is 0. The number of carbonyl (C=O) groups is 1. The zero-order valence-corrected chi connectivity index (χ0v) is 18.7. The maximum Gasteiger partial charge on any atom is 0.225 e. The molecule has 2 aliphatic rings. The van der Waals surface area contributed by atoms with Crippen LogP contribution in [0, 0.1) is 12.8 Å². The highest BCUT2D eigenvalue weighted by molar-refractivity contribution is 5.80. The van der Waals surface area contributed by atoms with E-state index in [0.717, 1.165) is 68.3 Å². The number of hydrogen-bond donors (Lipinski definition) is 0. The molecule has 0 unspecified atom stereocenters. The molecule has 1 saturated carbocycles. The molecule has 5 heteroatoms. The van der Waals surface area contributed by atoms with Gasteiger partial charge in [-0.2, -0.15) is 0 Å². The third-order valence-corrected chi connectivity index (χ3v) is 6.79. The minimum atomic E-state index is 0.265. The third-order valence-electron chi connectivity index (χ3n) is 6.79. The molecule has 5 rings (SSSR count). The first-order chi connectivity index (χ1) is 15.7. The fraction of sp³-hybridized carbons (Fsp3) is 0.370. The van der Waals surface area contributed by atoms with Crippen LogP contribution in [0.1, 0.15) is 36.1 Å². The zero-order valence-electron chi connectivity index (χ0n) is 18.7. The Morgan fingerprint density at radius 2 is 1.56 bits per heavy atom. The van der Waals surface area contributed by atoms with Gasteiger partial charge >= 0.3 is 0 Å². The van der Waals surface area contributed by atoms with Gasteiger partial charge in [0.1, 0.15) is 5.82 Å². The van der Waals surface area contributed by atoms with E-state index in [9.17, 15) is 4.79 Å². The van der Waals surface area contributed by atoms with Crippen LogP contribution in [0.3, 0.4) is 0 Å². The molecular weight excluding hydrogens is 396 g/mol. The number of amides is 1. The molecule has 1 aliphatic heterocycles. The Balaban J connectivity index is 1.44. The quantitative estimate of drug-likeness (QED) is 0.603. The molecular formula is C27H30N4O. The number of anilines is 1. The molecule has 164 valence electrons. The van der Waals surface area contributed by atoms with Gasteiger partial charge in [-0.05, 0) is 25.3 Å². The number of carbonyl (C=O) groups excluding carboxylic acids is 1. The number of aryl methyl sites for hydroxylation is 1. The molecule has 0 bridgehead atoms. The normalized spacial score (nSPS) is 16.7. The van der Waals surface area contributed by atoms with Gasteiger partial charge in [0.15, 0.2) is 5.82 Å². The summed E-state index contributed by atoms with van der Waals surface area (Å²) in [6, 6.07) is 20.7. The van der Waals surface area contributed by atoms with Crippen LogP contribution in [0.5, 0.6) is 0 Å². The maximum absolute atomic E-state index is 12.7. The number of benzene rings is 2. The lowest BCUT2D eigenvalue weighted by Crippen LogP contribution is -2.51. The molecule has 1 saturated heterocycles. The van der Waals surface area contributed by atoms with E-state index in [1.807, 2.05) is 24.3 Å². The number of nitrogens with zero attached hydrogens (tertiary/aromatic N) is 4. The molecule has 2 aromatic carbocycles. The van der Waals surface area contributed by atoms with E-state index < -0.39 is 0 Å². The van der Waals surface area contributed by atoms with Gasteiger partial charge in [-0.25, -0.2) is 9.97 Å². The third kappa shape index (κ3) is 4.24. The summed E-state index contributed by atoms with van der Waals surface area (Å²) in [6.07, 6.45) is 4.12. The lowest BCUT2D eigenvalue weighted by Gasteiger charge is -2.39. The summed E-state index contributed by atoms with van der Waals surface area (Å²) in [7, 11) is 0. The Hall–Kier alpha value is -3.21. The van der Waals surface area contributed by atoms with Gasteiger partial charge in [-0.3, -0.25) is 4.79 Å². The summed E-state index contributed by atoms with van der Waals surface area (Å²) in [5.41, 5.74) is 4.48. The first-order valence-corrected chi connectivity index (χ1v) is 11.7. The van der Waals surface area contributed by atoms with Crippen molar-refractivity contribution in [1.82, 2.24) is 14.9 Å². The molecule has 0 spiro atoms. The van der Waals surface area contributed by atoms with E-state index in [1.165, 1.54) is 17.5 Å². The second kappa shape index (κ2) is 9.11. The van der Waals surface area contributed by atoms with Crippen LogP contribution in [0.2, 0.25) is 0 Å². The summed E-state index contributed by atoms with van der Waals surface area (Å²) in [5, 5.41) is 0. The van der Waals surface area contributed by atoms with Crippen LogP contribution in [-0.2, 0) is 11.2 Å². The minimum Gasteiger partial charge on any atom is -0.353 e. The van der Waals surface area contributed by atoms with Crippen molar-refractivity contribution in [2.45, 2.75) is 32.6 Å². The van der Waals surface area contributed by atoms with Gasteiger partial charge < -0.3 is 9.80 Å². The van der Waals surface area contributed by atoms with Gasteiger partial charge in [-0.15, -0.1) is 0 Å². The second-order valence-electron chi connectivity index (χ2n) is 8.90. The van der Waals surface area contributed by atoms with E-state index in [0.29, 0.717) is 5.91 Å². The molecule has 1 amide bonds. The van der Waals surface area contributed by atoms with Crippen molar-refractivity contribution in [2.24, 2.45) is 5.92 Å². The lowest BCUT2D eigenvalue weighted by atomic mass is 9.84. The highest BCUT2D eigenvalue weighted by atomic mass is 16.2. The van der Waals surface area contributed by atoms with Crippen molar-refractivity contribution in [2.75, 3.05) is 31.1 Å². The van der Waals surface area contributed by atoms with Crippen molar-refractivity contribution in [3.63, 3.8) is 0 Å². The first kappa shape index (κ1) is 20.7. The van der Waals surface area contributed by atoms with E-state index in [1.54, 1.807) is 0 Å². The smallest absolute Gasteiger partial charge is 0.225 e. The Bertz CT molecular complexity index is 1070. The van der Waals surface area contributed by atoms with E-state index in [-0.39, 0.29) is 5.92 Å². The Morgan fingerprint density at radius 1 is 0.906 bits per heavy atom. The van der Waals surface area contributed by atoms with Crippen LogP contribution >= 0.6 is 0 Å². The number of rotatable bonds is 5. The molecule has 2 fully saturated rings. The number of hydrogen-bond acceptors (Lipinski definition) is 4. The zero-order chi connectivity index (χ0) is 21.9. The summed E-state index contributed by atoms with van der Waals surface area (Å²) in [5.74, 6) is 2.39. The predicted octanol–water partition coefficient (Wildman–Crippen LogP) is 4.49. The Kier molecular flexibility index (Phi) is 5.89. The monoisotopic (exact) mass is 426 g/mol. The van der Waals surface area contributed by atoms with E-state index in [4.69, 9.17) is 9.97 Å². The van der Waals surface area contributed by atoms with Gasteiger partial charge in [0.2, 0.25) is 5.91 Å². The highest BCUT2D eigenvalue weighted by Gasteiger charge is 2.32. The van der Waals surface area contributed by atoms with Gasteiger partial charge in [0.05, 0.1) is 0 Å². The van der Waals surface area contributed by atoms with Crippen LogP contribution in [-0.4, -0.2) is 47.0 Å². The van der Waals surface area contributed by atoms with Crippen LogP contribution in [0.25, 0.3) is 11.4 Å². The van der Waals surface area contributed by atoms with Gasteiger partial charge in [-0.1, -0.05) is 67.1 Å². The topological polar surface area (TPSA) is 49.3 Å². The van der Waals surface area contributed by atoms with Crippen molar-refractivity contribution in [3.8, 4) is 11.4 Å². The fourth-order valence-corrected chi connectivity index (χ4v) is 4.62. The maximum atomic E-state index is 12.7. The highest BCUT2D eigenvalue weighted by Crippen LogP contribution is 2.31. The predicted molar refractivity (Wildman–Crippen MR) is 128 cm³/mol. The van der Waals surface area contributed by atoms with Gasteiger partial charge in [0.25, 0.3) is 0 Å². The number of piperazine rings is 1. The van der Waals surface area contributed by atoms with Crippen LogP contribution in [0.4, 0.5) is 5.82 Å². The van der Waals surface area contributed by atoms with Crippen LogP contribution < -0.4 is 4.90 Å². The molecule has 32 heavy (non-hydrogen) atoms.